The summed E-state index contributed by atoms with van der Waals surface area (Å²) in [5.74, 6) is 0.0270. The van der Waals surface area contributed by atoms with Crippen LogP contribution in [0.5, 0.6) is 0 Å². The largest absolute Gasteiger partial charge is 0.378 e. The third-order valence-corrected chi connectivity index (χ3v) is 4.38. The molecule has 4 nitrogen and oxygen atoms in total. The lowest BCUT2D eigenvalue weighted by Gasteiger charge is -2.22. The molecule has 0 bridgehead atoms. The van der Waals surface area contributed by atoms with Crippen LogP contribution in [-0.2, 0) is 17.7 Å². The molecule has 1 fully saturated rings. The second-order valence-electron chi connectivity index (χ2n) is 5.94. The van der Waals surface area contributed by atoms with Gasteiger partial charge in [0.05, 0.1) is 6.10 Å². The van der Waals surface area contributed by atoms with Crippen LogP contribution in [-0.4, -0.2) is 31.7 Å². The minimum Gasteiger partial charge on any atom is -0.378 e. The Balaban J connectivity index is 1.50. The number of amides is 1. The Morgan fingerprint density at radius 2 is 2.29 bits per heavy atom. The zero-order chi connectivity index (χ0) is 14.5. The molecule has 2 heterocycles. The predicted molar refractivity (Wildman–Crippen MR) is 82.4 cm³/mol. The maximum atomic E-state index is 12.2. The Bertz CT molecular complexity index is 496. The molecule has 1 atom stereocenters. The molecular formula is C17H24N2O2. The molecule has 1 aromatic carbocycles. The summed E-state index contributed by atoms with van der Waals surface area (Å²) in [5, 5.41) is 6.36. The summed E-state index contributed by atoms with van der Waals surface area (Å²) >= 11 is 0. The van der Waals surface area contributed by atoms with Gasteiger partial charge in [0.1, 0.15) is 0 Å². The molecule has 21 heavy (non-hydrogen) atoms. The van der Waals surface area contributed by atoms with E-state index >= 15 is 0 Å². The van der Waals surface area contributed by atoms with Gasteiger partial charge < -0.3 is 15.4 Å². The fourth-order valence-electron chi connectivity index (χ4n) is 3.11. The first-order valence-electron chi connectivity index (χ1n) is 8.05. The Labute approximate surface area is 126 Å². The third-order valence-electron chi connectivity index (χ3n) is 4.38. The highest BCUT2D eigenvalue weighted by Crippen LogP contribution is 2.17. The van der Waals surface area contributed by atoms with Gasteiger partial charge in [0.2, 0.25) is 0 Å². The number of benzene rings is 1. The molecule has 0 aliphatic carbocycles. The van der Waals surface area contributed by atoms with Crippen LogP contribution in [0.1, 0.15) is 47.2 Å². The summed E-state index contributed by atoms with van der Waals surface area (Å²) in [7, 11) is 0. The van der Waals surface area contributed by atoms with Crippen molar-refractivity contribution < 1.29 is 9.53 Å². The number of fused-ring (bicyclic) bond motifs is 1. The molecule has 0 radical (unpaired) electrons. The van der Waals surface area contributed by atoms with Crippen LogP contribution in [0.3, 0.4) is 0 Å². The minimum absolute atomic E-state index is 0.0270. The number of rotatable bonds is 4. The number of ether oxygens (including phenoxy) is 1. The van der Waals surface area contributed by atoms with Crippen molar-refractivity contribution in [3.05, 3.63) is 34.9 Å². The van der Waals surface area contributed by atoms with Crippen molar-refractivity contribution in [1.82, 2.24) is 10.6 Å². The minimum atomic E-state index is 0.0270. The molecule has 0 aromatic heterocycles. The molecule has 2 aliphatic rings. The summed E-state index contributed by atoms with van der Waals surface area (Å²) in [4.78, 5) is 12.2. The maximum absolute atomic E-state index is 12.2. The number of carbonyl (C=O) groups excluding carboxylic acids is 1. The van der Waals surface area contributed by atoms with E-state index in [1.165, 1.54) is 24.0 Å². The van der Waals surface area contributed by atoms with Crippen molar-refractivity contribution in [3.63, 3.8) is 0 Å². The zero-order valence-corrected chi connectivity index (χ0v) is 12.5. The van der Waals surface area contributed by atoms with Crippen molar-refractivity contribution in [3.8, 4) is 0 Å². The SMILES string of the molecule is O=C(NCCC1CCCCO1)c1ccc2c(c1)CNCC2. The molecule has 2 N–H and O–H groups in total. The van der Waals surface area contributed by atoms with Crippen LogP contribution in [0.4, 0.5) is 0 Å². The molecule has 3 rings (SSSR count). The highest BCUT2D eigenvalue weighted by atomic mass is 16.5. The highest BCUT2D eigenvalue weighted by Gasteiger charge is 2.15. The van der Waals surface area contributed by atoms with Crippen LogP contribution in [0.15, 0.2) is 18.2 Å². The van der Waals surface area contributed by atoms with E-state index < -0.39 is 0 Å². The van der Waals surface area contributed by atoms with E-state index in [0.717, 1.165) is 44.5 Å². The standard InChI is InChI=1S/C17H24N2O2/c20-17(19-9-7-16-3-1-2-10-21-16)14-5-4-13-6-8-18-12-15(13)11-14/h4-5,11,16,18H,1-3,6-10,12H2,(H,19,20). The molecule has 1 saturated heterocycles. The van der Waals surface area contributed by atoms with Crippen LogP contribution in [0, 0.1) is 0 Å². The third kappa shape index (κ3) is 3.83. The quantitative estimate of drug-likeness (QED) is 0.891. The average Bonchev–Trinajstić information content (AvgIpc) is 2.55. The first-order chi connectivity index (χ1) is 10.3. The maximum Gasteiger partial charge on any atom is 0.251 e. The summed E-state index contributed by atoms with van der Waals surface area (Å²) in [6.45, 7) is 3.46. The predicted octanol–water partition coefficient (Wildman–Crippen LogP) is 2.02. The molecule has 1 aromatic rings. The molecule has 1 amide bonds. The van der Waals surface area contributed by atoms with Crippen LogP contribution < -0.4 is 10.6 Å². The molecule has 0 spiro atoms. The van der Waals surface area contributed by atoms with Gasteiger partial charge in [0.25, 0.3) is 5.91 Å². The Kier molecular flexibility index (Phi) is 4.88. The van der Waals surface area contributed by atoms with Crippen LogP contribution in [0.25, 0.3) is 0 Å². The lowest BCUT2D eigenvalue weighted by atomic mass is 9.98. The van der Waals surface area contributed by atoms with E-state index in [0.29, 0.717) is 12.6 Å². The van der Waals surface area contributed by atoms with Gasteiger partial charge in [-0.15, -0.1) is 0 Å². The van der Waals surface area contributed by atoms with Crippen LogP contribution in [0.2, 0.25) is 0 Å². The van der Waals surface area contributed by atoms with E-state index in [1.54, 1.807) is 0 Å². The lowest BCUT2D eigenvalue weighted by molar-refractivity contribution is 0.0117. The molecule has 2 aliphatic heterocycles. The lowest BCUT2D eigenvalue weighted by Crippen LogP contribution is -2.30. The number of carbonyl (C=O) groups is 1. The summed E-state index contributed by atoms with van der Waals surface area (Å²) in [6, 6.07) is 6.06. The highest BCUT2D eigenvalue weighted by molar-refractivity contribution is 5.94. The summed E-state index contributed by atoms with van der Waals surface area (Å²) < 4.78 is 5.68. The normalized spacial score (nSPS) is 21.6. The van der Waals surface area contributed by atoms with Crippen molar-refractivity contribution in [2.24, 2.45) is 0 Å². The number of nitrogens with one attached hydrogen (secondary N) is 2. The van der Waals surface area contributed by atoms with Gasteiger partial charge in [-0.2, -0.15) is 0 Å². The summed E-state index contributed by atoms with van der Waals surface area (Å²) in [5.41, 5.74) is 3.38. The van der Waals surface area contributed by atoms with Crippen molar-refractivity contribution >= 4 is 5.91 Å². The molecule has 1 unspecified atom stereocenters. The Morgan fingerprint density at radius 1 is 1.33 bits per heavy atom. The molecular weight excluding hydrogens is 264 g/mol. The first-order valence-corrected chi connectivity index (χ1v) is 8.05. The van der Waals surface area contributed by atoms with Gasteiger partial charge in [-0.05, 0) is 61.9 Å². The van der Waals surface area contributed by atoms with Gasteiger partial charge in [-0.3, -0.25) is 4.79 Å². The van der Waals surface area contributed by atoms with Gasteiger partial charge in [0, 0.05) is 25.3 Å². The summed E-state index contributed by atoms with van der Waals surface area (Å²) in [6.07, 6.45) is 5.84. The second-order valence-corrected chi connectivity index (χ2v) is 5.94. The zero-order valence-electron chi connectivity index (χ0n) is 12.5. The van der Waals surface area contributed by atoms with E-state index in [4.69, 9.17) is 4.74 Å². The second kappa shape index (κ2) is 7.05. The van der Waals surface area contributed by atoms with Crippen molar-refractivity contribution in [2.75, 3.05) is 19.7 Å². The Hall–Kier alpha value is -1.39. The molecule has 114 valence electrons. The van der Waals surface area contributed by atoms with Crippen molar-refractivity contribution in [1.29, 1.82) is 0 Å². The number of hydrogen-bond acceptors (Lipinski definition) is 3. The molecule has 4 heteroatoms. The van der Waals surface area contributed by atoms with Gasteiger partial charge in [-0.1, -0.05) is 6.07 Å². The van der Waals surface area contributed by atoms with Crippen LogP contribution >= 0.6 is 0 Å². The van der Waals surface area contributed by atoms with E-state index in [-0.39, 0.29) is 5.91 Å². The van der Waals surface area contributed by atoms with Gasteiger partial charge >= 0.3 is 0 Å². The number of hydrogen-bond donors (Lipinski definition) is 2. The molecule has 0 saturated carbocycles. The fraction of sp³-hybridized carbons (Fsp3) is 0.588. The van der Waals surface area contributed by atoms with Crippen molar-refractivity contribution in [2.45, 2.75) is 44.8 Å². The van der Waals surface area contributed by atoms with Gasteiger partial charge in [0.15, 0.2) is 0 Å². The smallest absolute Gasteiger partial charge is 0.251 e. The topological polar surface area (TPSA) is 50.4 Å². The fourth-order valence-corrected chi connectivity index (χ4v) is 3.11. The van der Waals surface area contributed by atoms with E-state index in [2.05, 4.69) is 16.7 Å². The van der Waals surface area contributed by atoms with E-state index in [1.807, 2.05) is 12.1 Å². The van der Waals surface area contributed by atoms with Gasteiger partial charge in [-0.25, -0.2) is 0 Å². The first kappa shape index (κ1) is 14.5. The average molecular weight is 288 g/mol. The van der Waals surface area contributed by atoms with E-state index in [9.17, 15) is 4.79 Å². The Morgan fingerprint density at radius 3 is 3.14 bits per heavy atom. The monoisotopic (exact) mass is 288 g/mol.